The van der Waals surface area contributed by atoms with Gasteiger partial charge in [-0.2, -0.15) is 8.62 Å². The molecular formula is C10H16FN2O15P3. The average molecular weight is 519 g/mol. The van der Waals surface area contributed by atoms with E-state index in [0.29, 0.717) is 6.20 Å². The molecule has 0 aliphatic carbocycles. The third-order valence-electron chi connectivity index (χ3n) is 3.26. The molecule has 0 amide bonds. The van der Waals surface area contributed by atoms with Crippen molar-refractivity contribution in [3.63, 3.8) is 0 Å². The molecule has 0 bridgehead atoms. The molecule has 2 heterocycles. The number of alkyl halides is 1. The van der Waals surface area contributed by atoms with E-state index in [1.54, 1.807) is 4.98 Å². The fraction of sp³-hybridized carbons (Fsp3) is 0.600. The van der Waals surface area contributed by atoms with Gasteiger partial charge in [0.1, 0.15) is 18.8 Å². The van der Waals surface area contributed by atoms with Crippen LogP contribution >= 0.6 is 23.5 Å². The molecule has 31 heavy (non-hydrogen) atoms. The number of aromatic nitrogens is 2. The maximum absolute atomic E-state index is 15.4. The van der Waals surface area contributed by atoms with Gasteiger partial charge >= 0.3 is 29.2 Å². The Bertz CT molecular complexity index is 1230. The van der Waals surface area contributed by atoms with Gasteiger partial charge in [0.05, 0.1) is 4.11 Å². The molecule has 6 atom stereocenters. The highest BCUT2D eigenvalue weighted by Crippen LogP contribution is 2.66. The maximum Gasteiger partial charge on any atom is 0.490 e. The molecule has 17 nitrogen and oxygen atoms in total. The van der Waals surface area contributed by atoms with Crippen LogP contribution in [0.4, 0.5) is 4.39 Å². The van der Waals surface area contributed by atoms with E-state index in [-0.39, 0.29) is 10.1 Å². The number of aliphatic hydroxyl groups is 2. The Balaban J connectivity index is 2.44. The Morgan fingerprint density at radius 3 is 2.39 bits per heavy atom. The summed E-state index contributed by atoms with van der Waals surface area (Å²) in [5, 5.41) is 20.2. The van der Waals surface area contributed by atoms with Gasteiger partial charge in [-0.3, -0.25) is 18.9 Å². The van der Waals surface area contributed by atoms with Gasteiger partial charge < -0.3 is 34.5 Å². The summed E-state index contributed by atoms with van der Waals surface area (Å²) in [5.74, 6) is -4.50. The molecule has 1 fully saturated rings. The molecule has 21 heteroatoms. The number of H-pyrrole nitrogens is 1. The summed E-state index contributed by atoms with van der Waals surface area (Å²) < 4.78 is 87.3. The third kappa shape index (κ3) is 6.46. The molecule has 178 valence electrons. The summed E-state index contributed by atoms with van der Waals surface area (Å²) in [5.41, 5.74) is -2.74. The van der Waals surface area contributed by atoms with Crippen molar-refractivity contribution in [3.8, 4) is 0 Å². The number of halogens is 1. The minimum Gasteiger partial charge on any atom is -0.385 e. The van der Waals surface area contributed by atoms with Gasteiger partial charge in [-0.25, -0.2) is 22.9 Å². The quantitative estimate of drug-likeness (QED) is 0.185. The standard InChI is InChI=1S/C10H16FN2O15P3/c1-4-2-13(9(17)12-7(4)16)8-5(14)6(15)10(11,26-8)3-25-30(21,22)28-31(23,24)27-29(18,19)20/h2,5-6,8,14-15H,3H2,1H3,(H,21,22)(H,23,24)(H,12,16,17)(H2,18,19,20)/t5-,6+,8-,10-/m1/s1/i3D2,8D. The number of aryl methyl sites for hydroxylation is 1. The number of nitrogens with zero attached hydrogens (tertiary/aromatic N) is 1. The largest absolute Gasteiger partial charge is 0.490 e. The van der Waals surface area contributed by atoms with Crippen LogP contribution < -0.4 is 11.2 Å². The topological polar surface area (TPSA) is 264 Å². The zero-order chi connectivity index (χ0) is 26.7. The van der Waals surface area contributed by atoms with E-state index in [1.165, 1.54) is 0 Å². The number of rotatable bonds is 8. The van der Waals surface area contributed by atoms with E-state index < -0.39 is 65.5 Å². The lowest BCUT2D eigenvalue weighted by Gasteiger charge is -2.24. The van der Waals surface area contributed by atoms with Crippen molar-refractivity contribution in [1.82, 2.24) is 9.55 Å². The van der Waals surface area contributed by atoms with Crippen molar-refractivity contribution in [2.24, 2.45) is 0 Å². The Labute approximate surface area is 174 Å². The van der Waals surface area contributed by atoms with Crippen LogP contribution in [-0.2, 0) is 31.6 Å². The summed E-state index contributed by atoms with van der Waals surface area (Å²) in [4.78, 5) is 60.7. The average Bonchev–Trinajstić information content (AvgIpc) is 2.76. The van der Waals surface area contributed by atoms with Crippen LogP contribution in [0.15, 0.2) is 15.8 Å². The molecule has 1 aliphatic rings. The lowest BCUT2D eigenvalue weighted by molar-refractivity contribution is -0.205. The highest BCUT2D eigenvalue weighted by molar-refractivity contribution is 7.66. The maximum atomic E-state index is 15.4. The molecule has 0 spiro atoms. The fourth-order valence-electron chi connectivity index (χ4n) is 2.03. The summed E-state index contributed by atoms with van der Waals surface area (Å²) >= 11 is 0. The number of aromatic amines is 1. The molecular weight excluding hydrogens is 500 g/mol. The summed E-state index contributed by atoms with van der Waals surface area (Å²) in [7, 11) is -18.3. The van der Waals surface area contributed by atoms with Crippen molar-refractivity contribution in [2.45, 2.75) is 31.2 Å². The Kier molecular flexibility index (Phi) is 6.09. The highest BCUT2D eigenvalue weighted by atomic mass is 31.3. The minimum absolute atomic E-state index is 0.0415. The monoisotopic (exact) mass is 519 g/mol. The number of aliphatic hydroxyl groups excluding tert-OH is 2. The first-order valence-electron chi connectivity index (χ1n) is 8.89. The first-order chi connectivity index (χ1) is 15.0. The van der Waals surface area contributed by atoms with Gasteiger partial charge in [0, 0.05) is 11.8 Å². The lowest BCUT2D eigenvalue weighted by Crippen LogP contribution is -2.43. The number of ether oxygens (including phenoxy) is 1. The van der Waals surface area contributed by atoms with Crippen molar-refractivity contribution >= 4 is 23.5 Å². The lowest BCUT2D eigenvalue weighted by atomic mass is 10.1. The minimum atomic E-state index is -6.35. The van der Waals surface area contributed by atoms with E-state index in [1.807, 2.05) is 0 Å². The van der Waals surface area contributed by atoms with E-state index in [9.17, 15) is 38.4 Å². The second-order valence-electron chi connectivity index (χ2n) is 5.70. The predicted molar refractivity (Wildman–Crippen MR) is 91.9 cm³/mol. The van der Waals surface area contributed by atoms with Crippen LogP contribution in [0.3, 0.4) is 0 Å². The number of hydrogen-bond donors (Lipinski definition) is 7. The predicted octanol–water partition coefficient (Wildman–Crippen LogP) is -1.90. The van der Waals surface area contributed by atoms with Gasteiger partial charge in [-0.1, -0.05) is 0 Å². The third-order valence-corrected chi connectivity index (χ3v) is 6.91. The fourth-order valence-corrected chi connectivity index (χ4v) is 4.91. The molecule has 0 radical (unpaired) electrons. The zero-order valence-corrected chi connectivity index (χ0v) is 17.4. The van der Waals surface area contributed by atoms with Gasteiger partial charge in [-0.05, 0) is 6.92 Å². The van der Waals surface area contributed by atoms with Crippen molar-refractivity contribution in [2.75, 3.05) is 6.56 Å². The zero-order valence-electron chi connectivity index (χ0n) is 17.8. The molecule has 0 aromatic carbocycles. The second-order valence-corrected chi connectivity index (χ2v) is 10.0. The first kappa shape index (κ1) is 21.7. The number of hydrogen-bond acceptors (Lipinski definition) is 11. The van der Waals surface area contributed by atoms with Crippen LogP contribution in [0.5, 0.6) is 0 Å². The molecule has 7 N–H and O–H groups in total. The van der Waals surface area contributed by atoms with E-state index in [2.05, 4.69) is 17.9 Å². The van der Waals surface area contributed by atoms with Crippen molar-refractivity contribution in [1.29, 1.82) is 0 Å². The number of phosphoric ester groups is 1. The summed E-state index contributed by atoms with van der Waals surface area (Å²) in [6, 6.07) is 0. The van der Waals surface area contributed by atoms with E-state index in [0.717, 1.165) is 6.92 Å². The van der Waals surface area contributed by atoms with E-state index in [4.69, 9.17) is 18.8 Å². The SMILES string of the molecule is [2H]C([2H])(OP(=O)(O)OP(=O)(O)OP(=O)(O)O)[C@@]1(F)O[C@@]([2H])(n2cc(C)c(=O)[nH]c2=O)[C@H](O)[C@@H]1O. The van der Waals surface area contributed by atoms with Gasteiger partial charge in [-0.15, -0.1) is 0 Å². The van der Waals surface area contributed by atoms with Crippen LogP contribution in [0.25, 0.3) is 0 Å². The number of nitrogens with one attached hydrogen (secondary N) is 1. The van der Waals surface area contributed by atoms with Crippen molar-refractivity contribution < 1.29 is 69.9 Å². The molecule has 2 rings (SSSR count). The van der Waals surface area contributed by atoms with Crippen LogP contribution in [0.1, 0.15) is 15.9 Å². The van der Waals surface area contributed by atoms with Crippen LogP contribution in [0, 0.1) is 6.92 Å². The van der Waals surface area contributed by atoms with Crippen LogP contribution in [-0.4, -0.2) is 64.0 Å². The second kappa shape index (κ2) is 8.68. The van der Waals surface area contributed by atoms with Crippen molar-refractivity contribution in [3.05, 3.63) is 32.6 Å². The Morgan fingerprint density at radius 1 is 1.26 bits per heavy atom. The van der Waals surface area contributed by atoms with Gasteiger partial charge in [0.15, 0.2) is 6.20 Å². The van der Waals surface area contributed by atoms with Gasteiger partial charge in [0.25, 0.3) is 11.4 Å². The van der Waals surface area contributed by atoms with E-state index >= 15 is 4.39 Å². The normalized spacial score (nSPS) is 34.9. The smallest absolute Gasteiger partial charge is 0.385 e. The highest BCUT2D eigenvalue weighted by Gasteiger charge is 2.57. The summed E-state index contributed by atoms with van der Waals surface area (Å²) in [6.45, 7) is -3.35. The molecule has 2 unspecified atom stereocenters. The molecule has 1 aliphatic heterocycles. The van der Waals surface area contributed by atoms with Crippen LogP contribution in [0.2, 0.25) is 0 Å². The summed E-state index contributed by atoms with van der Waals surface area (Å²) in [6.07, 6.45) is -8.84. The molecule has 1 aromatic rings. The Morgan fingerprint density at radius 2 is 1.84 bits per heavy atom. The Hall–Kier alpha value is -1.10. The van der Waals surface area contributed by atoms with Gasteiger partial charge in [0.2, 0.25) is 0 Å². The molecule has 1 aromatic heterocycles. The molecule has 0 saturated carbocycles. The number of phosphoric acid groups is 3. The molecule has 1 saturated heterocycles. The first-order valence-corrected chi connectivity index (χ1v) is 11.9.